The molecule has 0 fully saturated rings. The topological polar surface area (TPSA) is 59.9 Å². The van der Waals surface area contributed by atoms with Crippen LogP contribution in [0.15, 0.2) is 71.8 Å². The summed E-state index contributed by atoms with van der Waals surface area (Å²) in [6.45, 7) is 0. The van der Waals surface area contributed by atoms with Gasteiger partial charge in [0.2, 0.25) is 0 Å². The Morgan fingerprint density at radius 3 is 2.59 bits per heavy atom. The number of H-pyrrole nitrogens is 1. The van der Waals surface area contributed by atoms with Gasteiger partial charge in [0.15, 0.2) is 5.82 Å². The van der Waals surface area contributed by atoms with Crippen molar-refractivity contribution in [3.63, 3.8) is 0 Å². The lowest BCUT2D eigenvalue weighted by molar-refractivity contribution is 0.415. The van der Waals surface area contributed by atoms with Gasteiger partial charge in [0.25, 0.3) is 5.56 Å². The number of nitrogens with zero attached hydrogens (tertiary/aromatic N) is 2. The Morgan fingerprint density at radius 2 is 1.85 bits per heavy atom. The minimum Gasteiger partial charge on any atom is -0.497 e. The molecule has 0 saturated heterocycles. The van der Waals surface area contributed by atoms with Crippen LogP contribution in [0.5, 0.6) is 5.75 Å². The number of fused-ring (bicyclic) bond motifs is 1. The SMILES string of the molecule is COc1ccc(/C=C/c2cn3c(=O)c(Cc4ccccc4)nc-3c[nH]2)cc1. The lowest BCUT2D eigenvalue weighted by Gasteiger charge is -2.02. The molecule has 2 aliphatic rings. The van der Waals surface area contributed by atoms with Crippen LogP contribution < -0.4 is 10.3 Å². The highest BCUT2D eigenvalue weighted by atomic mass is 16.5. The predicted molar refractivity (Wildman–Crippen MR) is 107 cm³/mol. The van der Waals surface area contributed by atoms with Crippen molar-refractivity contribution in [2.45, 2.75) is 6.42 Å². The molecule has 134 valence electrons. The molecule has 0 aliphatic carbocycles. The largest absolute Gasteiger partial charge is 0.497 e. The van der Waals surface area contributed by atoms with Gasteiger partial charge in [-0.05, 0) is 29.3 Å². The highest BCUT2D eigenvalue weighted by Gasteiger charge is 2.14. The van der Waals surface area contributed by atoms with E-state index in [2.05, 4.69) is 9.97 Å². The van der Waals surface area contributed by atoms with Crippen molar-refractivity contribution < 1.29 is 4.74 Å². The Labute approximate surface area is 156 Å². The lowest BCUT2D eigenvalue weighted by atomic mass is 10.1. The number of imidazole rings is 1. The zero-order chi connectivity index (χ0) is 18.6. The Hall–Kier alpha value is -3.60. The molecule has 2 aromatic carbocycles. The molecular formula is C22H19N3O2. The zero-order valence-corrected chi connectivity index (χ0v) is 14.9. The molecule has 2 aromatic rings. The predicted octanol–water partition coefficient (Wildman–Crippen LogP) is 3.77. The summed E-state index contributed by atoms with van der Waals surface area (Å²) in [7, 11) is 1.65. The minimum absolute atomic E-state index is 0.0815. The Bertz CT molecular complexity index is 1090. The van der Waals surface area contributed by atoms with Crippen LogP contribution in [0.4, 0.5) is 0 Å². The summed E-state index contributed by atoms with van der Waals surface area (Å²) in [5, 5.41) is 0. The number of benzene rings is 2. The van der Waals surface area contributed by atoms with Gasteiger partial charge in [-0.25, -0.2) is 4.98 Å². The van der Waals surface area contributed by atoms with Crippen molar-refractivity contribution in [1.82, 2.24) is 14.5 Å². The maximum Gasteiger partial charge on any atom is 0.278 e. The second-order valence-electron chi connectivity index (χ2n) is 6.23. The van der Waals surface area contributed by atoms with Gasteiger partial charge in [-0.1, -0.05) is 48.5 Å². The summed E-state index contributed by atoms with van der Waals surface area (Å²) in [4.78, 5) is 20.3. The highest BCUT2D eigenvalue weighted by molar-refractivity contribution is 5.68. The molecule has 27 heavy (non-hydrogen) atoms. The van der Waals surface area contributed by atoms with Gasteiger partial charge in [-0.3, -0.25) is 9.36 Å². The van der Waals surface area contributed by atoms with E-state index in [-0.39, 0.29) is 5.56 Å². The first-order chi connectivity index (χ1) is 13.2. The minimum atomic E-state index is -0.0815. The molecule has 2 heterocycles. The van der Waals surface area contributed by atoms with E-state index in [1.165, 1.54) is 0 Å². The van der Waals surface area contributed by atoms with Gasteiger partial charge in [-0.15, -0.1) is 0 Å². The maximum atomic E-state index is 12.7. The highest BCUT2D eigenvalue weighted by Crippen LogP contribution is 2.15. The van der Waals surface area contributed by atoms with Crippen molar-refractivity contribution in [2.75, 3.05) is 7.11 Å². The van der Waals surface area contributed by atoms with Gasteiger partial charge >= 0.3 is 0 Å². The Morgan fingerprint density at radius 1 is 1.07 bits per heavy atom. The van der Waals surface area contributed by atoms with Crippen molar-refractivity contribution in [3.8, 4) is 11.6 Å². The summed E-state index contributed by atoms with van der Waals surface area (Å²) in [6, 6.07) is 17.7. The first-order valence-electron chi connectivity index (χ1n) is 8.68. The van der Waals surface area contributed by atoms with Crippen LogP contribution in [0.1, 0.15) is 22.5 Å². The molecule has 0 bridgehead atoms. The molecule has 0 radical (unpaired) electrons. The third kappa shape index (κ3) is 3.67. The normalized spacial score (nSPS) is 11.3. The second-order valence-corrected chi connectivity index (χ2v) is 6.23. The van der Waals surface area contributed by atoms with E-state index in [0.29, 0.717) is 17.9 Å². The fraction of sp³-hybridized carbons (Fsp3) is 0.0909. The molecule has 0 spiro atoms. The zero-order valence-electron chi connectivity index (χ0n) is 14.9. The third-order valence-corrected chi connectivity index (χ3v) is 4.38. The van der Waals surface area contributed by atoms with E-state index in [0.717, 1.165) is 22.6 Å². The number of methoxy groups -OCH3 is 1. The average molecular weight is 357 g/mol. The summed E-state index contributed by atoms with van der Waals surface area (Å²) < 4.78 is 6.75. The molecule has 0 saturated carbocycles. The van der Waals surface area contributed by atoms with Crippen LogP contribution >= 0.6 is 0 Å². The molecular weight excluding hydrogens is 338 g/mol. The summed E-state index contributed by atoms with van der Waals surface area (Å²) in [5.74, 6) is 1.44. The first-order valence-corrected chi connectivity index (χ1v) is 8.68. The van der Waals surface area contributed by atoms with Crippen LogP contribution in [0, 0.1) is 0 Å². The van der Waals surface area contributed by atoms with Gasteiger partial charge in [0.05, 0.1) is 12.8 Å². The number of hydrogen-bond acceptors (Lipinski definition) is 3. The van der Waals surface area contributed by atoms with E-state index in [1.807, 2.05) is 66.7 Å². The van der Waals surface area contributed by atoms with E-state index < -0.39 is 0 Å². The monoisotopic (exact) mass is 357 g/mol. The van der Waals surface area contributed by atoms with Gasteiger partial charge in [-0.2, -0.15) is 0 Å². The van der Waals surface area contributed by atoms with E-state index >= 15 is 0 Å². The van der Waals surface area contributed by atoms with Crippen LogP contribution in [0.3, 0.4) is 0 Å². The number of aromatic nitrogens is 3. The number of rotatable bonds is 5. The molecule has 1 N–H and O–H groups in total. The van der Waals surface area contributed by atoms with Crippen molar-refractivity contribution >= 4 is 12.2 Å². The quantitative estimate of drug-likeness (QED) is 0.591. The molecule has 4 rings (SSSR count). The fourth-order valence-corrected chi connectivity index (χ4v) is 2.93. The van der Waals surface area contributed by atoms with Crippen LogP contribution in [-0.2, 0) is 6.42 Å². The van der Waals surface area contributed by atoms with Crippen molar-refractivity contribution in [2.24, 2.45) is 0 Å². The maximum absolute atomic E-state index is 12.7. The van der Waals surface area contributed by atoms with E-state index in [4.69, 9.17) is 4.74 Å². The van der Waals surface area contributed by atoms with Crippen molar-refractivity contribution in [1.29, 1.82) is 0 Å². The van der Waals surface area contributed by atoms with Gasteiger partial charge < -0.3 is 9.72 Å². The average Bonchev–Trinajstić information content (AvgIpc) is 3.02. The second kappa shape index (κ2) is 7.33. The fourth-order valence-electron chi connectivity index (χ4n) is 2.93. The molecule has 0 aromatic heterocycles. The molecule has 5 nitrogen and oxygen atoms in total. The summed E-state index contributed by atoms with van der Waals surface area (Å²) >= 11 is 0. The number of aromatic amines is 1. The Balaban J connectivity index is 1.60. The van der Waals surface area contributed by atoms with Crippen LogP contribution in [-0.4, -0.2) is 21.6 Å². The van der Waals surface area contributed by atoms with E-state index in [1.54, 1.807) is 24.1 Å². The number of nitrogens with one attached hydrogen (secondary N) is 1. The summed E-state index contributed by atoms with van der Waals surface area (Å²) in [6.07, 6.45) is 7.96. The molecule has 0 unspecified atom stereocenters. The molecule has 2 aliphatic heterocycles. The number of hydrogen-bond donors (Lipinski definition) is 1. The molecule has 0 amide bonds. The first kappa shape index (κ1) is 16.8. The van der Waals surface area contributed by atoms with Crippen molar-refractivity contribution in [3.05, 3.63) is 99.9 Å². The van der Waals surface area contributed by atoms with Crippen LogP contribution in [0.25, 0.3) is 18.0 Å². The molecule has 0 atom stereocenters. The number of ether oxygens (including phenoxy) is 1. The lowest BCUT2D eigenvalue weighted by Crippen LogP contribution is -2.15. The summed E-state index contributed by atoms with van der Waals surface area (Å²) in [5.41, 5.74) is 3.40. The smallest absolute Gasteiger partial charge is 0.278 e. The van der Waals surface area contributed by atoms with Crippen LogP contribution in [0.2, 0.25) is 0 Å². The Kier molecular flexibility index (Phi) is 4.58. The molecule has 5 heteroatoms. The van der Waals surface area contributed by atoms with E-state index in [9.17, 15) is 4.79 Å². The standard InChI is InChI=1S/C22H19N3O2/c1-27-19-11-8-16(9-12-19)7-10-18-15-25-21(14-23-18)24-20(22(25)26)13-17-5-3-2-4-6-17/h2-12,14-15,23H,13H2,1H3/b10-7+. The van der Waals surface area contributed by atoms with Gasteiger partial charge in [0.1, 0.15) is 11.4 Å². The van der Waals surface area contributed by atoms with Gasteiger partial charge in [0, 0.05) is 18.8 Å². The third-order valence-electron chi connectivity index (χ3n) is 4.38.